The molecule has 1 aromatic carbocycles. The molecule has 2 heterocycles. The molecule has 30 heavy (non-hydrogen) atoms. The number of hydrogen-bond donors (Lipinski definition) is 1. The third kappa shape index (κ3) is 3.87. The average Bonchev–Trinajstić information content (AvgIpc) is 3.08. The number of carbonyl (C=O) groups excluding carboxylic acids is 2. The highest BCUT2D eigenvalue weighted by Crippen LogP contribution is 2.35. The first-order valence-electron chi connectivity index (χ1n) is 9.94. The molecular formula is C22H24N4O3S. The van der Waals surface area contributed by atoms with Crippen LogP contribution in [0.25, 0.3) is 10.2 Å². The molecule has 1 N–H and O–H groups in total. The number of fused-ring (bicyclic) bond motifs is 3. The summed E-state index contributed by atoms with van der Waals surface area (Å²) in [5, 5.41) is 3.44. The molecule has 0 aliphatic heterocycles. The van der Waals surface area contributed by atoms with Crippen LogP contribution < -0.4 is 10.9 Å². The largest absolute Gasteiger partial charge is 0.345 e. The van der Waals surface area contributed by atoms with Gasteiger partial charge in [0.05, 0.1) is 11.7 Å². The highest BCUT2D eigenvalue weighted by molar-refractivity contribution is 7.18. The van der Waals surface area contributed by atoms with Gasteiger partial charge in [0, 0.05) is 30.2 Å². The van der Waals surface area contributed by atoms with E-state index in [1.54, 1.807) is 49.7 Å². The van der Waals surface area contributed by atoms with Crippen molar-refractivity contribution in [1.82, 2.24) is 14.5 Å². The van der Waals surface area contributed by atoms with E-state index in [9.17, 15) is 14.4 Å². The third-order valence-electron chi connectivity index (χ3n) is 5.42. The summed E-state index contributed by atoms with van der Waals surface area (Å²) in [6.07, 6.45) is 4.40. The topological polar surface area (TPSA) is 84.3 Å². The number of nitrogens with one attached hydrogen (secondary N) is 1. The Morgan fingerprint density at radius 3 is 2.70 bits per heavy atom. The first kappa shape index (κ1) is 20.3. The summed E-state index contributed by atoms with van der Waals surface area (Å²) in [5.41, 5.74) is 2.07. The van der Waals surface area contributed by atoms with Crippen LogP contribution in [0.3, 0.4) is 0 Å². The predicted molar refractivity (Wildman–Crippen MR) is 118 cm³/mol. The summed E-state index contributed by atoms with van der Waals surface area (Å²) in [7, 11) is 3.37. The van der Waals surface area contributed by atoms with Crippen molar-refractivity contribution in [2.45, 2.75) is 32.7 Å². The van der Waals surface area contributed by atoms with Gasteiger partial charge in [-0.2, -0.15) is 0 Å². The van der Waals surface area contributed by atoms with Gasteiger partial charge in [0.2, 0.25) is 5.91 Å². The zero-order valence-corrected chi connectivity index (χ0v) is 18.1. The van der Waals surface area contributed by atoms with Gasteiger partial charge in [-0.1, -0.05) is 6.92 Å². The monoisotopic (exact) mass is 424 g/mol. The lowest BCUT2D eigenvalue weighted by Crippen LogP contribution is -2.28. The second kappa shape index (κ2) is 8.02. The van der Waals surface area contributed by atoms with E-state index >= 15 is 0 Å². The molecule has 1 unspecified atom stereocenters. The normalized spacial score (nSPS) is 15.6. The molecule has 1 atom stereocenters. The van der Waals surface area contributed by atoms with Crippen LogP contribution in [0, 0.1) is 5.92 Å². The molecule has 4 rings (SSSR count). The summed E-state index contributed by atoms with van der Waals surface area (Å²) < 4.78 is 1.37. The molecule has 7 nitrogen and oxygen atoms in total. The second-order valence-electron chi connectivity index (χ2n) is 8.03. The Hall–Kier alpha value is -3.00. The molecule has 1 aliphatic carbocycles. The standard InChI is InChI=1S/C22H24N4O3S/c1-13-4-9-16-17(10-13)30-20-19(16)22(29)26(12-23-20)11-18(27)24-15-7-5-14(6-8-15)21(28)25(2)3/h5-8,12-13H,4,9-11H2,1-3H3,(H,24,27). The lowest BCUT2D eigenvalue weighted by molar-refractivity contribution is -0.116. The Bertz CT molecular complexity index is 1180. The minimum absolute atomic E-state index is 0.104. The fourth-order valence-electron chi connectivity index (χ4n) is 3.79. The van der Waals surface area contributed by atoms with Crippen molar-refractivity contribution >= 4 is 39.1 Å². The zero-order valence-electron chi connectivity index (χ0n) is 17.3. The Kier molecular flexibility index (Phi) is 5.42. The van der Waals surface area contributed by atoms with E-state index in [1.807, 2.05) is 0 Å². The molecule has 0 radical (unpaired) electrons. The van der Waals surface area contributed by atoms with Crippen LogP contribution >= 0.6 is 11.3 Å². The van der Waals surface area contributed by atoms with E-state index in [-0.39, 0.29) is 23.9 Å². The molecule has 2 aromatic heterocycles. The Morgan fingerprint density at radius 1 is 1.27 bits per heavy atom. The summed E-state index contributed by atoms with van der Waals surface area (Å²) in [4.78, 5) is 45.4. The van der Waals surface area contributed by atoms with Gasteiger partial charge in [-0.3, -0.25) is 19.0 Å². The summed E-state index contributed by atoms with van der Waals surface area (Å²) in [5.74, 6) is 0.202. The van der Waals surface area contributed by atoms with Gasteiger partial charge in [0.1, 0.15) is 11.4 Å². The van der Waals surface area contributed by atoms with Gasteiger partial charge in [-0.25, -0.2) is 4.98 Å². The Balaban J connectivity index is 1.51. The van der Waals surface area contributed by atoms with Gasteiger partial charge in [-0.15, -0.1) is 11.3 Å². The molecule has 1 aliphatic rings. The number of amides is 2. The molecule has 0 fully saturated rings. The van der Waals surface area contributed by atoms with E-state index in [0.717, 1.165) is 29.7 Å². The molecule has 8 heteroatoms. The molecule has 156 valence electrons. The van der Waals surface area contributed by atoms with Crippen LogP contribution in [0.1, 0.15) is 34.1 Å². The maximum Gasteiger partial charge on any atom is 0.262 e. The van der Waals surface area contributed by atoms with Crippen LogP contribution in [0.4, 0.5) is 5.69 Å². The van der Waals surface area contributed by atoms with Gasteiger partial charge in [0.15, 0.2) is 0 Å². The zero-order chi connectivity index (χ0) is 21.4. The molecule has 0 bridgehead atoms. The van der Waals surface area contributed by atoms with Gasteiger partial charge < -0.3 is 10.2 Å². The summed E-state index contributed by atoms with van der Waals surface area (Å²) in [6.45, 7) is 2.12. The van der Waals surface area contributed by atoms with Gasteiger partial charge in [-0.05, 0) is 55.0 Å². The number of anilines is 1. The van der Waals surface area contributed by atoms with Crippen LogP contribution in [-0.4, -0.2) is 40.4 Å². The van der Waals surface area contributed by atoms with E-state index in [0.29, 0.717) is 22.6 Å². The maximum absolute atomic E-state index is 13.0. The minimum Gasteiger partial charge on any atom is -0.345 e. The molecule has 0 saturated carbocycles. The first-order valence-corrected chi connectivity index (χ1v) is 10.8. The third-order valence-corrected chi connectivity index (χ3v) is 6.58. The van der Waals surface area contributed by atoms with Crippen molar-refractivity contribution in [1.29, 1.82) is 0 Å². The smallest absolute Gasteiger partial charge is 0.262 e. The quantitative estimate of drug-likeness (QED) is 0.698. The lowest BCUT2D eigenvalue weighted by atomic mass is 9.89. The van der Waals surface area contributed by atoms with Crippen molar-refractivity contribution in [2.75, 3.05) is 19.4 Å². The molecule has 2 amide bonds. The number of rotatable bonds is 4. The van der Waals surface area contributed by atoms with E-state index in [1.165, 1.54) is 20.7 Å². The summed E-state index contributed by atoms with van der Waals surface area (Å²) >= 11 is 1.60. The average molecular weight is 425 g/mol. The highest BCUT2D eigenvalue weighted by atomic mass is 32.1. The minimum atomic E-state index is -0.317. The highest BCUT2D eigenvalue weighted by Gasteiger charge is 2.23. The van der Waals surface area contributed by atoms with Gasteiger partial charge in [0.25, 0.3) is 11.5 Å². The predicted octanol–water partition coefficient (Wildman–Crippen LogP) is 2.92. The number of carbonyl (C=O) groups is 2. The van der Waals surface area contributed by atoms with Crippen molar-refractivity contribution in [3.05, 3.63) is 57.0 Å². The van der Waals surface area contributed by atoms with E-state index in [2.05, 4.69) is 17.2 Å². The number of aryl methyl sites for hydroxylation is 1. The Labute approximate surface area is 178 Å². The number of hydrogen-bond acceptors (Lipinski definition) is 5. The number of nitrogens with zero attached hydrogens (tertiary/aromatic N) is 3. The fourth-order valence-corrected chi connectivity index (χ4v) is 5.13. The van der Waals surface area contributed by atoms with Gasteiger partial charge >= 0.3 is 0 Å². The van der Waals surface area contributed by atoms with Crippen LogP contribution in [0.5, 0.6) is 0 Å². The number of aromatic nitrogens is 2. The Morgan fingerprint density at radius 2 is 2.00 bits per heavy atom. The van der Waals surface area contributed by atoms with Crippen LogP contribution in [0.15, 0.2) is 35.4 Å². The van der Waals surface area contributed by atoms with Crippen molar-refractivity contribution in [3.63, 3.8) is 0 Å². The molecule has 0 spiro atoms. The fraction of sp³-hybridized carbons (Fsp3) is 0.364. The summed E-state index contributed by atoms with van der Waals surface area (Å²) in [6, 6.07) is 6.68. The number of thiophene rings is 1. The van der Waals surface area contributed by atoms with E-state index in [4.69, 9.17) is 0 Å². The number of benzene rings is 1. The lowest BCUT2D eigenvalue weighted by Gasteiger charge is -2.17. The van der Waals surface area contributed by atoms with Crippen LogP contribution in [0.2, 0.25) is 0 Å². The second-order valence-corrected chi connectivity index (χ2v) is 9.12. The SMILES string of the molecule is CC1CCc2c(sc3ncn(CC(=O)Nc4ccc(C(=O)N(C)C)cc4)c(=O)c23)C1. The molecule has 3 aromatic rings. The van der Waals surface area contributed by atoms with E-state index < -0.39 is 0 Å². The van der Waals surface area contributed by atoms with Crippen molar-refractivity contribution in [2.24, 2.45) is 5.92 Å². The van der Waals surface area contributed by atoms with Crippen molar-refractivity contribution < 1.29 is 9.59 Å². The maximum atomic E-state index is 13.0. The molecular weight excluding hydrogens is 400 g/mol. The van der Waals surface area contributed by atoms with Crippen molar-refractivity contribution in [3.8, 4) is 0 Å². The van der Waals surface area contributed by atoms with Crippen LogP contribution in [-0.2, 0) is 24.2 Å². The first-order chi connectivity index (χ1) is 14.3. The molecule has 0 saturated heterocycles.